The van der Waals surface area contributed by atoms with Crippen LogP contribution >= 0.6 is 12.6 Å². The van der Waals surface area contributed by atoms with Crippen molar-refractivity contribution in [3.05, 3.63) is 53.6 Å². The lowest BCUT2D eigenvalue weighted by Crippen LogP contribution is -2.32. The quantitative estimate of drug-likeness (QED) is 0.553. The van der Waals surface area contributed by atoms with Gasteiger partial charge in [0.1, 0.15) is 12.4 Å². The van der Waals surface area contributed by atoms with Gasteiger partial charge >= 0.3 is 0 Å². The molecule has 0 N–H and O–H groups in total. The van der Waals surface area contributed by atoms with Crippen LogP contribution < -0.4 is 14.2 Å². The number of thiol groups is 1. The normalized spacial score (nSPS) is 13.1. The second kappa shape index (κ2) is 13.7. The number of hydrazone groups is 1. The molecule has 33 heavy (non-hydrogen) atoms. The Morgan fingerprint density at radius 1 is 1.12 bits per heavy atom. The molecule has 2 aromatic rings. The van der Waals surface area contributed by atoms with Crippen molar-refractivity contribution >= 4 is 24.2 Å². The first-order chi connectivity index (χ1) is 16.0. The van der Waals surface area contributed by atoms with Gasteiger partial charge in [0.05, 0.1) is 19.4 Å². The fourth-order valence-electron chi connectivity index (χ4n) is 3.33. The molecule has 0 spiro atoms. The summed E-state index contributed by atoms with van der Waals surface area (Å²) in [6, 6.07) is 13.0. The molecule has 0 saturated heterocycles. The fraction of sp³-hybridized carbons (Fsp3) is 0.440. The van der Waals surface area contributed by atoms with Crippen molar-refractivity contribution in [2.75, 3.05) is 53.8 Å². The van der Waals surface area contributed by atoms with E-state index in [1.54, 1.807) is 30.5 Å². The van der Waals surface area contributed by atoms with Crippen LogP contribution in [-0.2, 0) is 0 Å². The molecule has 0 unspecified atom stereocenters. The second-order valence-corrected chi connectivity index (χ2v) is 7.56. The van der Waals surface area contributed by atoms with Crippen molar-refractivity contribution in [3.63, 3.8) is 0 Å². The van der Waals surface area contributed by atoms with Gasteiger partial charge < -0.3 is 19.1 Å². The molecule has 180 valence electrons. The van der Waals surface area contributed by atoms with Gasteiger partial charge in [-0.3, -0.25) is 4.79 Å². The number of benzene rings is 2. The van der Waals surface area contributed by atoms with Gasteiger partial charge in [0.15, 0.2) is 11.5 Å². The molecule has 8 heteroatoms. The lowest BCUT2D eigenvalue weighted by Gasteiger charge is -2.24. The van der Waals surface area contributed by atoms with Crippen LogP contribution in [0.25, 0.3) is 0 Å². The van der Waals surface area contributed by atoms with Gasteiger partial charge in [-0.15, -0.1) is 0 Å². The Kier molecular flexibility index (Phi) is 11.1. The monoisotopic (exact) mass is 473 g/mol. The van der Waals surface area contributed by atoms with Crippen LogP contribution in [0, 0.1) is 0 Å². The van der Waals surface area contributed by atoms with Gasteiger partial charge in [0.25, 0.3) is 5.91 Å². The van der Waals surface area contributed by atoms with Gasteiger partial charge in [0.2, 0.25) is 0 Å². The van der Waals surface area contributed by atoms with Gasteiger partial charge in [0, 0.05) is 24.2 Å². The predicted octanol–water partition coefficient (Wildman–Crippen LogP) is 4.22. The summed E-state index contributed by atoms with van der Waals surface area (Å²) in [7, 11) is 5.61. The molecular weight excluding hydrogens is 438 g/mol. The molecule has 0 radical (unpaired) electrons. The van der Waals surface area contributed by atoms with Crippen LogP contribution in [0.1, 0.15) is 35.7 Å². The van der Waals surface area contributed by atoms with Gasteiger partial charge in [-0.2, -0.15) is 17.7 Å². The molecule has 0 bridgehead atoms. The third kappa shape index (κ3) is 7.68. The zero-order valence-corrected chi connectivity index (χ0v) is 21.1. The molecule has 1 aliphatic heterocycles. The number of likely N-dealkylation sites (N-methyl/N-ethyl adjacent to an activating group) is 1. The topological polar surface area (TPSA) is 63.6 Å². The molecular formula is C25H35N3O4S. The van der Waals surface area contributed by atoms with Crippen molar-refractivity contribution in [2.24, 2.45) is 5.10 Å². The van der Waals surface area contributed by atoms with Crippen LogP contribution in [0.2, 0.25) is 0 Å². The number of hydrogen-bond acceptors (Lipinski definition) is 7. The number of hydrogen-bond donors (Lipinski definition) is 1. The van der Waals surface area contributed by atoms with E-state index in [1.807, 2.05) is 51.4 Å². The second-order valence-electron chi connectivity index (χ2n) is 7.56. The maximum absolute atomic E-state index is 13.1. The van der Waals surface area contributed by atoms with E-state index in [-0.39, 0.29) is 5.91 Å². The van der Waals surface area contributed by atoms with E-state index in [2.05, 4.69) is 22.6 Å². The largest absolute Gasteiger partial charge is 0.493 e. The standard InChI is InChI=1S/C24H31N3O4.CH4S/c1-5-30-23-17-18(11-12-22(23)29-4)21-10-7-13-27(25-21)24(28)19-8-6-9-20(16-19)31-15-14-26(2)3;1-2/h6,8-9,11-12,16-17H,5,7,10,13-15H2,1-4H3;2H,1H3. The Morgan fingerprint density at radius 2 is 1.91 bits per heavy atom. The van der Waals surface area contributed by atoms with E-state index >= 15 is 0 Å². The number of rotatable bonds is 9. The minimum absolute atomic E-state index is 0.131. The van der Waals surface area contributed by atoms with Crippen LogP contribution in [0.4, 0.5) is 0 Å². The first-order valence-corrected chi connectivity index (χ1v) is 11.9. The molecule has 1 heterocycles. The van der Waals surface area contributed by atoms with Gasteiger partial charge in [-0.1, -0.05) is 6.07 Å². The Bertz CT molecular complexity index is 934. The van der Waals surface area contributed by atoms with Gasteiger partial charge in [-0.05, 0) is 76.5 Å². The minimum atomic E-state index is -0.131. The lowest BCUT2D eigenvalue weighted by atomic mass is 10.0. The molecule has 0 saturated carbocycles. The van der Waals surface area contributed by atoms with E-state index in [4.69, 9.17) is 14.2 Å². The molecule has 0 atom stereocenters. The van der Waals surface area contributed by atoms with Crippen molar-refractivity contribution < 1.29 is 19.0 Å². The summed E-state index contributed by atoms with van der Waals surface area (Å²) < 4.78 is 16.8. The summed E-state index contributed by atoms with van der Waals surface area (Å²) in [5.74, 6) is 1.91. The fourth-order valence-corrected chi connectivity index (χ4v) is 3.33. The summed E-state index contributed by atoms with van der Waals surface area (Å²) in [4.78, 5) is 15.1. The number of carbonyl (C=O) groups is 1. The molecule has 7 nitrogen and oxygen atoms in total. The Hall–Kier alpha value is -2.71. The van der Waals surface area contributed by atoms with Crippen molar-refractivity contribution in [1.82, 2.24) is 9.91 Å². The predicted molar refractivity (Wildman–Crippen MR) is 136 cm³/mol. The van der Waals surface area contributed by atoms with Crippen molar-refractivity contribution in [3.8, 4) is 17.2 Å². The lowest BCUT2D eigenvalue weighted by molar-refractivity contribution is 0.0751. The van der Waals surface area contributed by atoms with Crippen LogP contribution in [-0.4, -0.2) is 75.3 Å². The smallest absolute Gasteiger partial charge is 0.274 e. The third-order valence-corrected chi connectivity index (χ3v) is 4.94. The van der Waals surface area contributed by atoms with Crippen molar-refractivity contribution in [1.29, 1.82) is 0 Å². The average molecular weight is 474 g/mol. The number of carbonyl (C=O) groups excluding carboxylic acids is 1. The first kappa shape index (κ1) is 26.5. The summed E-state index contributed by atoms with van der Waals surface area (Å²) in [6.45, 7) is 4.44. The molecule has 0 aromatic heterocycles. The summed E-state index contributed by atoms with van der Waals surface area (Å²) in [5, 5.41) is 6.20. The first-order valence-electron chi connectivity index (χ1n) is 11.0. The SMILES string of the molecule is CCOc1cc(C2=NN(C(=O)c3cccc(OCCN(C)C)c3)CCC2)ccc1OC.CS. The zero-order chi connectivity index (χ0) is 24.2. The third-order valence-electron chi connectivity index (χ3n) is 4.94. The maximum atomic E-state index is 13.1. The molecule has 3 rings (SSSR count). The number of ether oxygens (including phenoxy) is 3. The van der Waals surface area contributed by atoms with Crippen LogP contribution in [0.3, 0.4) is 0 Å². The van der Waals surface area contributed by atoms with Crippen molar-refractivity contribution in [2.45, 2.75) is 19.8 Å². The number of amides is 1. The Labute approximate surface area is 202 Å². The number of methoxy groups -OCH3 is 1. The van der Waals surface area contributed by atoms with E-state index in [9.17, 15) is 4.79 Å². The van der Waals surface area contributed by atoms with Gasteiger partial charge in [-0.25, -0.2) is 5.01 Å². The minimum Gasteiger partial charge on any atom is -0.493 e. The maximum Gasteiger partial charge on any atom is 0.274 e. The highest BCUT2D eigenvalue weighted by atomic mass is 32.1. The Morgan fingerprint density at radius 3 is 2.61 bits per heavy atom. The molecule has 2 aromatic carbocycles. The highest BCUT2D eigenvalue weighted by Gasteiger charge is 2.22. The van der Waals surface area contributed by atoms with Crippen LogP contribution in [0.15, 0.2) is 47.6 Å². The summed E-state index contributed by atoms with van der Waals surface area (Å²) in [5.41, 5.74) is 2.36. The summed E-state index contributed by atoms with van der Waals surface area (Å²) >= 11 is 3.53. The molecule has 1 aliphatic rings. The molecule has 0 aliphatic carbocycles. The Balaban J connectivity index is 0.00000187. The number of nitrogens with zero attached hydrogens (tertiary/aromatic N) is 3. The highest BCUT2D eigenvalue weighted by molar-refractivity contribution is 7.79. The van der Waals surface area contributed by atoms with E-state index in [1.165, 1.54) is 0 Å². The van der Waals surface area contributed by atoms with E-state index < -0.39 is 0 Å². The van der Waals surface area contributed by atoms with Crippen LogP contribution in [0.5, 0.6) is 17.2 Å². The molecule has 0 fully saturated rings. The summed E-state index contributed by atoms with van der Waals surface area (Å²) in [6.07, 6.45) is 3.34. The zero-order valence-electron chi connectivity index (χ0n) is 20.2. The molecule has 1 amide bonds. The highest BCUT2D eigenvalue weighted by Crippen LogP contribution is 2.29. The average Bonchev–Trinajstić information content (AvgIpc) is 2.85. The van der Waals surface area contributed by atoms with E-state index in [0.717, 1.165) is 30.7 Å². The van der Waals surface area contributed by atoms with E-state index in [0.29, 0.717) is 42.6 Å².